The van der Waals surface area contributed by atoms with Gasteiger partial charge in [-0.05, 0) is 18.2 Å². The Morgan fingerprint density at radius 1 is 1.36 bits per heavy atom. The van der Waals surface area contributed by atoms with Crippen molar-refractivity contribution in [1.82, 2.24) is 0 Å². The first kappa shape index (κ1) is 8.81. The molecule has 2 heterocycles. The lowest BCUT2D eigenvalue weighted by Crippen LogP contribution is -1.96. The third-order valence-electron chi connectivity index (χ3n) is 2.02. The Kier molecular flexibility index (Phi) is 2.23. The van der Waals surface area contributed by atoms with Crippen molar-refractivity contribution < 1.29 is 13.6 Å². The predicted octanol–water partition coefficient (Wildman–Crippen LogP) is 2.67. The van der Waals surface area contributed by atoms with Gasteiger partial charge in [0.2, 0.25) is 5.78 Å². The summed E-state index contributed by atoms with van der Waals surface area (Å²) in [6.07, 6.45) is 3.67. The van der Waals surface area contributed by atoms with Gasteiger partial charge < -0.3 is 8.83 Å². The maximum absolute atomic E-state index is 11.7. The van der Waals surface area contributed by atoms with Crippen LogP contribution in [0.25, 0.3) is 0 Å². The number of furan rings is 2. The fraction of sp³-hybridized carbons (Fsp3) is 0.182. The number of rotatable bonds is 3. The molecule has 0 amide bonds. The lowest BCUT2D eigenvalue weighted by atomic mass is 10.2. The minimum absolute atomic E-state index is 0.140. The zero-order valence-corrected chi connectivity index (χ0v) is 7.82. The van der Waals surface area contributed by atoms with E-state index in [0.717, 1.165) is 12.2 Å². The number of hydrogen-bond donors (Lipinski definition) is 0. The summed E-state index contributed by atoms with van der Waals surface area (Å²) in [7, 11) is 0. The van der Waals surface area contributed by atoms with E-state index in [2.05, 4.69) is 0 Å². The first-order chi connectivity index (χ1) is 6.81. The van der Waals surface area contributed by atoms with Crippen molar-refractivity contribution in [3.63, 3.8) is 0 Å². The Hall–Kier alpha value is -1.77. The molecule has 72 valence electrons. The molecule has 0 radical (unpaired) electrons. The molecular weight excluding hydrogens is 180 g/mol. The number of carbonyl (C=O) groups excluding carboxylic acids is 1. The molecule has 0 saturated carbocycles. The number of carbonyl (C=O) groups is 1. The topological polar surface area (TPSA) is 43.4 Å². The van der Waals surface area contributed by atoms with Crippen LogP contribution in [-0.4, -0.2) is 5.78 Å². The predicted molar refractivity (Wildman–Crippen MR) is 50.2 cm³/mol. The first-order valence-electron chi connectivity index (χ1n) is 4.47. The number of ketones is 1. The highest BCUT2D eigenvalue weighted by molar-refractivity contribution is 6.06. The van der Waals surface area contributed by atoms with E-state index in [1.807, 2.05) is 13.0 Å². The summed E-state index contributed by atoms with van der Waals surface area (Å²) >= 11 is 0. The van der Waals surface area contributed by atoms with E-state index in [-0.39, 0.29) is 5.78 Å². The molecule has 3 heteroatoms. The van der Waals surface area contributed by atoms with Gasteiger partial charge in [0, 0.05) is 6.42 Å². The molecule has 14 heavy (non-hydrogen) atoms. The second-order valence-electron chi connectivity index (χ2n) is 2.96. The third kappa shape index (κ3) is 1.48. The van der Waals surface area contributed by atoms with Gasteiger partial charge in [-0.2, -0.15) is 0 Å². The highest BCUT2D eigenvalue weighted by Crippen LogP contribution is 2.14. The molecule has 2 aromatic rings. The Balaban J connectivity index is 2.28. The van der Waals surface area contributed by atoms with Crippen molar-refractivity contribution in [1.29, 1.82) is 0 Å². The van der Waals surface area contributed by atoms with Crippen molar-refractivity contribution >= 4 is 5.78 Å². The van der Waals surface area contributed by atoms with E-state index in [1.54, 1.807) is 12.1 Å². The molecule has 0 spiro atoms. The molecule has 0 N–H and O–H groups in total. The van der Waals surface area contributed by atoms with Gasteiger partial charge in [-0.25, -0.2) is 0 Å². The van der Waals surface area contributed by atoms with Gasteiger partial charge in [-0.3, -0.25) is 4.79 Å². The molecule has 0 aliphatic rings. The molecule has 0 fully saturated rings. The van der Waals surface area contributed by atoms with Gasteiger partial charge in [0.15, 0.2) is 5.76 Å². The van der Waals surface area contributed by atoms with Crippen LogP contribution in [-0.2, 0) is 6.42 Å². The molecule has 2 rings (SSSR count). The van der Waals surface area contributed by atoms with Gasteiger partial charge in [0.25, 0.3) is 0 Å². The fourth-order valence-electron chi connectivity index (χ4n) is 1.23. The van der Waals surface area contributed by atoms with E-state index in [4.69, 9.17) is 8.83 Å². The van der Waals surface area contributed by atoms with Crippen molar-refractivity contribution in [3.8, 4) is 0 Å². The van der Waals surface area contributed by atoms with Crippen molar-refractivity contribution in [3.05, 3.63) is 47.8 Å². The van der Waals surface area contributed by atoms with Crippen LogP contribution >= 0.6 is 0 Å². The highest BCUT2D eigenvalue weighted by atomic mass is 16.3. The molecule has 0 aliphatic carbocycles. The monoisotopic (exact) mass is 190 g/mol. The smallest absolute Gasteiger partial charge is 0.231 e. The Morgan fingerprint density at radius 2 is 2.21 bits per heavy atom. The summed E-state index contributed by atoms with van der Waals surface area (Å²) in [4.78, 5) is 11.7. The lowest BCUT2D eigenvalue weighted by Gasteiger charge is -1.91. The van der Waals surface area contributed by atoms with Gasteiger partial charge in [0.1, 0.15) is 12.0 Å². The first-order valence-corrected chi connectivity index (χ1v) is 4.47. The minimum Gasteiger partial charge on any atom is -0.472 e. The zero-order valence-electron chi connectivity index (χ0n) is 7.82. The molecule has 3 nitrogen and oxygen atoms in total. The van der Waals surface area contributed by atoms with Crippen LogP contribution in [0.3, 0.4) is 0 Å². The van der Waals surface area contributed by atoms with Crippen molar-refractivity contribution in [2.24, 2.45) is 0 Å². The summed E-state index contributed by atoms with van der Waals surface area (Å²) in [6.45, 7) is 1.98. The minimum atomic E-state index is -0.140. The quantitative estimate of drug-likeness (QED) is 0.699. The molecule has 0 aromatic carbocycles. The van der Waals surface area contributed by atoms with Crippen molar-refractivity contribution in [2.45, 2.75) is 13.3 Å². The SMILES string of the molecule is CCc1ccc(C(=O)c2ccoc2)o1. The second-order valence-corrected chi connectivity index (χ2v) is 2.96. The van der Waals surface area contributed by atoms with Crippen LogP contribution in [0.15, 0.2) is 39.6 Å². The molecular formula is C11H10O3. The molecule has 0 bridgehead atoms. The average molecular weight is 190 g/mol. The molecule has 0 unspecified atom stereocenters. The summed E-state index contributed by atoms with van der Waals surface area (Å²) in [6, 6.07) is 5.12. The average Bonchev–Trinajstić information content (AvgIpc) is 2.88. The van der Waals surface area contributed by atoms with Crippen LogP contribution in [0.5, 0.6) is 0 Å². The fourth-order valence-corrected chi connectivity index (χ4v) is 1.23. The Morgan fingerprint density at radius 3 is 2.79 bits per heavy atom. The molecule has 0 saturated heterocycles. The van der Waals surface area contributed by atoms with Crippen LogP contribution in [0.1, 0.15) is 28.8 Å². The molecule has 0 atom stereocenters. The summed E-state index contributed by atoms with van der Waals surface area (Å²) in [5.74, 6) is 1.04. The van der Waals surface area contributed by atoms with Gasteiger partial charge >= 0.3 is 0 Å². The maximum atomic E-state index is 11.7. The molecule has 0 aliphatic heterocycles. The van der Waals surface area contributed by atoms with Gasteiger partial charge in [-0.1, -0.05) is 6.92 Å². The van der Waals surface area contributed by atoms with Gasteiger partial charge in [-0.15, -0.1) is 0 Å². The molecule has 2 aromatic heterocycles. The third-order valence-corrected chi connectivity index (χ3v) is 2.02. The van der Waals surface area contributed by atoms with E-state index in [0.29, 0.717) is 11.3 Å². The largest absolute Gasteiger partial charge is 0.472 e. The highest BCUT2D eigenvalue weighted by Gasteiger charge is 2.13. The van der Waals surface area contributed by atoms with E-state index >= 15 is 0 Å². The van der Waals surface area contributed by atoms with Crippen LogP contribution in [0, 0.1) is 0 Å². The Labute approximate surface area is 81.3 Å². The second kappa shape index (κ2) is 3.54. The van der Waals surface area contributed by atoms with Crippen LogP contribution < -0.4 is 0 Å². The van der Waals surface area contributed by atoms with Crippen molar-refractivity contribution in [2.75, 3.05) is 0 Å². The summed E-state index contributed by atoms with van der Waals surface area (Å²) < 4.78 is 10.2. The Bertz CT molecular complexity index is 423. The van der Waals surface area contributed by atoms with E-state index in [1.165, 1.54) is 12.5 Å². The number of hydrogen-bond acceptors (Lipinski definition) is 3. The van der Waals surface area contributed by atoms with Crippen LogP contribution in [0.4, 0.5) is 0 Å². The zero-order chi connectivity index (χ0) is 9.97. The van der Waals surface area contributed by atoms with Gasteiger partial charge in [0.05, 0.1) is 11.8 Å². The normalized spacial score (nSPS) is 10.4. The van der Waals surface area contributed by atoms with E-state index < -0.39 is 0 Å². The summed E-state index contributed by atoms with van der Waals surface area (Å²) in [5.41, 5.74) is 0.516. The number of aryl methyl sites for hydroxylation is 1. The summed E-state index contributed by atoms with van der Waals surface area (Å²) in [5, 5.41) is 0. The maximum Gasteiger partial charge on any atom is 0.231 e. The standard InChI is InChI=1S/C11H10O3/c1-2-9-3-4-10(14-9)11(12)8-5-6-13-7-8/h3-7H,2H2,1H3. The van der Waals surface area contributed by atoms with E-state index in [9.17, 15) is 4.79 Å². The lowest BCUT2D eigenvalue weighted by molar-refractivity contribution is 0.101. The van der Waals surface area contributed by atoms with Crippen LogP contribution in [0.2, 0.25) is 0 Å².